The lowest BCUT2D eigenvalue weighted by Crippen LogP contribution is -2.39. The maximum atomic E-state index is 4.30. The minimum absolute atomic E-state index is 0.627. The van der Waals surface area contributed by atoms with Crippen LogP contribution in [0.1, 0.15) is 45.4 Å². The third-order valence-corrected chi connectivity index (χ3v) is 5.09. The van der Waals surface area contributed by atoms with Crippen LogP contribution in [0.15, 0.2) is 11.5 Å². The van der Waals surface area contributed by atoms with Crippen molar-refractivity contribution in [2.45, 2.75) is 56.6 Å². The first-order valence-corrected chi connectivity index (χ1v) is 8.50. The summed E-state index contributed by atoms with van der Waals surface area (Å²) in [6.07, 6.45) is 9.86. The van der Waals surface area contributed by atoms with Gasteiger partial charge in [-0.1, -0.05) is 37.9 Å². The fraction of sp³-hybridized carbons (Fsp3) is 0.857. The molecule has 0 amide bonds. The van der Waals surface area contributed by atoms with Crippen LogP contribution < -0.4 is 5.32 Å². The van der Waals surface area contributed by atoms with Crippen molar-refractivity contribution in [2.75, 3.05) is 12.3 Å². The molecule has 1 aliphatic carbocycles. The van der Waals surface area contributed by atoms with E-state index in [9.17, 15) is 0 Å². The molecule has 0 bridgehead atoms. The smallest absolute Gasteiger partial charge is 0.185 e. The van der Waals surface area contributed by atoms with Crippen molar-refractivity contribution in [1.29, 1.82) is 0 Å². The molecular weight excluding hydrogens is 256 g/mol. The molecule has 1 aromatic heterocycles. The van der Waals surface area contributed by atoms with Crippen molar-refractivity contribution >= 4 is 11.8 Å². The highest BCUT2D eigenvalue weighted by molar-refractivity contribution is 7.99. The maximum absolute atomic E-state index is 4.30. The Labute approximate surface area is 120 Å². The average Bonchev–Trinajstić information content (AvgIpc) is 2.85. The molecule has 1 saturated carbocycles. The Morgan fingerprint density at radius 3 is 2.84 bits per heavy atom. The minimum Gasteiger partial charge on any atom is -0.313 e. The van der Waals surface area contributed by atoms with Gasteiger partial charge in [0.2, 0.25) is 0 Å². The molecule has 1 heterocycles. The molecule has 1 aliphatic rings. The molecule has 0 aromatic carbocycles. The first-order valence-electron chi connectivity index (χ1n) is 7.51. The maximum Gasteiger partial charge on any atom is 0.185 e. The van der Waals surface area contributed by atoms with Gasteiger partial charge in [-0.2, -0.15) is 5.10 Å². The third kappa shape index (κ3) is 4.49. The second-order valence-corrected chi connectivity index (χ2v) is 6.42. The van der Waals surface area contributed by atoms with Crippen LogP contribution in [0.3, 0.4) is 0 Å². The number of hydrogen-bond acceptors (Lipinski definition) is 4. The number of nitrogens with zero attached hydrogens (tertiary/aromatic N) is 3. The fourth-order valence-electron chi connectivity index (χ4n) is 2.81. The van der Waals surface area contributed by atoms with Gasteiger partial charge in [0.05, 0.1) is 0 Å². The van der Waals surface area contributed by atoms with Crippen molar-refractivity contribution in [1.82, 2.24) is 20.1 Å². The van der Waals surface area contributed by atoms with Gasteiger partial charge in [0.15, 0.2) is 5.16 Å². The predicted octanol–water partition coefficient (Wildman–Crippen LogP) is 2.86. The summed E-state index contributed by atoms with van der Waals surface area (Å²) in [6.45, 7) is 3.36. The molecule has 1 fully saturated rings. The molecule has 0 radical (unpaired) electrons. The number of hydrogen-bond donors (Lipinski definition) is 1. The molecule has 1 aromatic rings. The Hall–Kier alpha value is -0.550. The summed E-state index contributed by atoms with van der Waals surface area (Å²) in [4.78, 5) is 4.30. The zero-order valence-corrected chi connectivity index (χ0v) is 13.0. The van der Waals surface area contributed by atoms with Crippen LogP contribution in [0.4, 0.5) is 0 Å². The number of aromatic nitrogens is 3. The Morgan fingerprint density at radius 1 is 1.42 bits per heavy atom. The first-order chi connectivity index (χ1) is 9.31. The molecule has 19 heavy (non-hydrogen) atoms. The molecule has 1 unspecified atom stereocenters. The Balaban J connectivity index is 1.87. The highest BCUT2D eigenvalue weighted by Crippen LogP contribution is 2.29. The monoisotopic (exact) mass is 282 g/mol. The van der Waals surface area contributed by atoms with E-state index in [0.29, 0.717) is 6.04 Å². The fourth-order valence-corrected chi connectivity index (χ4v) is 3.88. The summed E-state index contributed by atoms with van der Waals surface area (Å²) in [6, 6.07) is 0.627. The van der Waals surface area contributed by atoms with Gasteiger partial charge in [-0.25, -0.2) is 9.67 Å². The lowest BCUT2D eigenvalue weighted by molar-refractivity contribution is 0.285. The van der Waals surface area contributed by atoms with Crippen LogP contribution in [0.5, 0.6) is 0 Å². The van der Waals surface area contributed by atoms with E-state index in [0.717, 1.165) is 23.4 Å². The highest BCUT2D eigenvalue weighted by atomic mass is 32.2. The first kappa shape index (κ1) is 14.9. The van der Waals surface area contributed by atoms with Crippen LogP contribution in [-0.4, -0.2) is 33.1 Å². The van der Waals surface area contributed by atoms with Gasteiger partial charge in [0, 0.05) is 18.8 Å². The molecule has 2 rings (SSSR count). The van der Waals surface area contributed by atoms with Gasteiger partial charge in [-0.3, -0.25) is 0 Å². The summed E-state index contributed by atoms with van der Waals surface area (Å²) in [5, 5.41) is 8.90. The largest absolute Gasteiger partial charge is 0.313 e. The Kier molecular flexibility index (Phi) is 6.17. The lowest BCUT2D eigenvalue weighted by atomic mass is 9.84. The Bertz CT molecular complexity index is 360. The third-order valence-electron chi connectivity index (χ3n) is 3.94. The zero-order chi connectivity index (χ0) is 13.5. The molecule has 0 spiro atoms. The second-order valence-electron chi connectivity index (χ2n) is 5.44. The zero-order valence-electron chi connectivity index (χ0n) is 12.1. The predicted molar refractivity (Wildman–Crippen MR) is 80.4 cm³/mol. The molecule has 4 nitrogen and oxygen atoms in total. The van der Waals surface area contributed by atoms with E-state index in [1.165, 1.54) is 38.5 Å². The van der Waals surface area contributed by atoms with E-state index >= 15 is 0 Å². The van der Waals surface area contributed by atoms with Gasteiger partial charge in [0.1, 0.15) is 6.33 Å². The van der Waals surface area contributed by atoms with Crippen molar-refractivity contribution in [2.24, 2.45) is 13.0 Å². The quantitative estimate of drug-likeness (QED) is 0.781. The van der Waals surface area contributed by atoms with Gasteiger partial charge in [-0.05, 0) is 31.7 Å². The highest BCUT2D eigenvalue weighted by Gasteiger charge is 2.23. The van der Waals surface area contributed by atoms with Crippen molar-refractivity contribution < 1.29 is 0 Å². The van der Waals surface area contributed by atoms with E-state index < -0.39 is 0 Å². The van der Waals surface area contributed by atoms with Crippen LogP contribution in [0.2, 0.25) is 0 Å². The number of nitrogens with one attached hydrogen (secondary N) is 1. The van der Waals surface area contributed by atoms with Crippen molar-refractivity contribution in [3.63, 3.8) is 0 Å². The summed E-state index contributed by atoms with van der Waals surface area (Å²) < 4.78 is 1.86. The number of rotatable bonds is 7. The molecule has 1 atom stereocenters. The molecule has 1 N–H and O–H groups in total. The van der Waals surface area contributed by atoms with E-state index in [-0.39, 0.29) is 0 Å². The van der Waals surface area contributed by atoms with E-state index in [1.807, 2.05) is 23.5 Å². The van der Waals surface area contributed by atoms with Crippen LogP contribution >= 0.6 is 11.8 Å². The summed E-state index contributed by atoms with van der Waals surface area (Å²) >= 11 is 1.83. The van der Waals surface area contributed by atoms with Gasteiger partial charge < -0.3 is 5.32 Å². The Morgan fingerprint density at radius 2 is 2.21 bits per heavy atom. The molecule has 0 saturated heterocycles. The van der Waals surface area contributed by atoms with E-state index in [2.05, 4.69) is 22.3 Å². The SMILES string of the molecule is CCCNC(CSc1ncnn1C)C1CCCCC1. The standard InChI is InChI=1S/C14H26N4S/c1-3-9-15-13(12-7-5-4-6-8-12)10-19-14-16-11-17-18(14)2/h11-13,15H,3-10H2,1-2H3. The van der Waals surface area contributed by atoms with Crippen molar-refractivity contribution in [3.8, 4) is 0 Å². The topological polar surface area (TPSA) is 42.7 Å². The van der Waals surface area contributed by atoms with Crippen molar-refractivity contribution in [3.05, 3.63) is 6.33 Å². The van der Waals surface area contributed by atoms with Crippen LogP contribution in [-0.2, 0) is 7.05 Å². The van der Waals surface area contributed by atoms with Crippen LogP contribution in [0.25, 0.3) is 0 Å². The molecule has 0 aliphatic heterocycles. The van der Waals surface area contributed by atoms with E-state index in [4.69, 9.17) is 0 Å². The summed E-state index contributed by atoms with van der Waals surface area (Å²) in [5.74, 6) is 1.96. The summed E-state index contributed by atoms with van der Waals surface area (Å²) in [5.41, 5.74) is 0. The number of aryl methyl sites for hydroxylation is 1. The normalized spacial score (nSPS) is 18.6. The van der Waals surface area contributed by atoms with Gasteiger partial charge >= 0.3 is 0 Å². The molecule has 5 heteroatoms. The van der Waals surface area contributed by atoms with Gasteiger partial charge in [0.25, 0.3) is 0 Å². The number of thioether (sulfide) groups is 1. The average molecular weight is 282 g/mol. The lowest BCUT2D eigenvalue weighted by Gasteiger charge is -2.30. The molecular formula is C14H26N4S. The molecule has 108 valence electrons. The second kappa shape index (κ2) is 7.90. The van der Waals surface area contributed by atoms with Gasteiger partial charge in [-0.15, -0.1) is 0 Å². The van der Waals surface area contributed by atoms with E-state index in [1.54, 1.807) is 6.33 Å². The van der Waals surface area contributed by atoms with Crippen LogP contribution in [0, 0.1) is 5.92 Å². The minimum atomic E-state index is 0.627. The summed E-state index contributed by atoms with van der Waals surface area (Å²) in [7, 11) is 1.96.